The molecule has 0 aromatic heterocycles. The fourth-order valence-corrected chi connectivity index (χ4v) is 1.79. The van der Waals surface area contributed by atoms with E-state index in [1.807, 2.05) is 0 Å². The number of alkyl halides is 1. The van der Waals surface area contributed by atoms with Gasteiger partial charge in [-0.05, 0) is 12.8 Å². The number of rotatable bonds is 1. The monoisotopic (exact) mass is 162 g/mol. The third-order valence-corrected chi connectivity index (χ3v) is 2.78. The SMILES string of the molecule is OC1(CCl)CCCCCC1. The van der Waals surface area contributed by atoms with E-state index in [-0.39, 0.29) is 0 Å². The van der Waals surface area contributed by atoms with Gasteiger partial charge in [-0.3, -0.25) is 0 Å². The van der Waals surface area contributed by atoms with Crippen LogP contribution in [0.1, 0.15) is 38.5 Å². The summed E-state index contributed by atoms with van der Waals surface area (Å²) in [5, 5.41) is 9.73. The highest BCUT2D eigenvalue weighted by atomic mass is 35.5. The molecule has 2 heteroatoms. The van der Waals surface area contributed by atoms with Crippen molar-refractivity contribution in [2.45, 2.75) is 44.1 Å². The molecular formula is C8H15ClO. The van der Waals surface area contributed by atoms with Gasteiger partial charge in [0.1, 0.15) is 0 Å². The van der Waals surface area contributed by atoms with Crippen molar-refractivity contribution in [3.63, 3.8) is 0 Å². The summed E-state index contributed by atoms with van der Waals surface area (Å²) in [6, 6.07) is 0. The summed E-state index contributed by atoms with van der Waals surface area (Å²) in [4.78, 5) is 0. The van der Waals surface area contributed by atoms with Crippen molar-refractivity contribution in [2.75, 3.05) is 5.88 Å². The fourth-order valence-electron chi connectivity index (χ4n) is 1.52. The zero-order valence-electron chi connectivity index (χ0n) is 6.27. The van der Waals surface area contributed by atoms with Gasteiger partial charge in [0.15, 0.2) is 0 Å². The molecule has 1 rings (SSSR count). The van der Waals surface area contributed by atoms with E-state index >= 15 is 0 Å². The molecule has 0 radical (unpaired) electrons. The first-order chi connectivity index (χ1) is 4.77. The van der Waals surface area contributed by atoms with Gasteiger partial charge in [-0.15, -0.1) is 11.6 Å². The van der Waals surface area contributed by atoms with Crippen LogP contribution in [0.2, 0.25) is 0 Å². The van der Waals surface area contributed by atoms with Crippen LogP contribution in [-0.2, 0) is 0 Å². The lowest BCUT2D eigenvalue weighted by Crippen LogP contribution is -2.29. The normalized spacial score (nSPS) is 25.8. The van der Waals surface area contributed by atoms with Crippen LogP contribution in [0, 0.1) is 0 Å². The maximum absolute atomic E-state index is 9.73. The Bertz CT molecular complexity index is 95.4. The second-order valence-electron chi connectivity index (χ2n) is 3.27. The summed E-state index contributed by atoms with van der Waals surface area (Å²) in [6.07, 6.45) is 6.61. The first kappa shape index (κ1) is 8.35. The Kier molecular flexibility index (Phi) is 2.99. The van der Waals surface area contributed by atoms with Gasteiger partial charge in [-0.1, -0.05) is 25.7 Å². The van der Waals surface area contributed by atoms with E-state index in [1.165, 1.54) is 12.8 Å². The predicted octanol–water partition coefficient (Wildman–Crippen LogP) is 2.31. The van der Waals surface area contributed by atoms with Crippen LogP contribution < -0.4 is 0 Å². The molecule has 0 aromatic carbocycles. The van der Waals surface area contributed by atoms with Crippen LogP contribution in [-0.4, -0.2) is 16.6 Å². The topological polar surface area (TPSA) is 20.2 Å². The summed E-state index contributed by atoms with van der Waals surface area (Å²) < 4.78 is 0. The molecule has 0 unspecified atom stereocenters. The Morgan fingerprint density at radius 3 is 2.00 bits per heavy atom. The lowest BCUT2D eigenvalue weighted by Gasteiger charge is -2.22. The highest BCUT2D eigenvalue weighted by Crippen LogP contribution is 2.27. The third kappa shape index (κ3) is 2.14. The molecule has 1 N–H and O–H groups in total. The Labute approximate surface area is 67.4 Å². The average molecular weight is 163 g/mol. The minimum Gasteiger partial charge on any atom is -0.389 e. The molecule has 0 bridgehead atoms. The Morgan fingerprint density at radius 1 is 1.10 bits per heavy atom. The predicted molar refractivity (Wildman–Crippen MR) is 43.4 cm³/mol. The second kappa shape index (κ2) is 3.59. The van der Waals surface area contributed by atoms with Gasteiger partial charge in [0.05, 0.1) is 11.5 Å². The number of aliphatic hydroxyl groups is 1. The lowest BCUT2D eigenvalue weighted by atomic mass is 9.97. The molecule has 10 heavy (non-hydrogen) atoms. The largest absolute Gasteiger partial charge is 0.389 e. The second-order valence-corrected chi connectivity index (χ2v) is 3.54. The van der Waals surface area contributed by atoms with Crippen LogP contribution >= 0.6 is 11.6 Å². The van der Waals surface area contributed by atoms with E-state index < -0.39 is 5.60 Å². The van der Waals surface area contributed by atoms with Crippen LogP contribution in [0.3, 0.4) is 0 Å². The Hall–Kier alpha value is 0.250. The van der Waals surface area contributed by atoms with E-state index in [0.717, 1.165) is 25.7 Å². The molecule has 1 aliphatic carbocycles. The van der Waals surface area contributed by atoms with E-state index in [9.17, 15) is 5.11 Å². The summed E-state index contributed by atoms with van der Waals surface area (Å²) >= 11 is 5.64. The minimum absolute atomic E-state index is 0.410. The van der Waals surface area contributed by atoms with Crippen molar-refractivity contribution in [2.24, 2.45) is 0 Å². The van der Waals surface area contributed by atoms with Gasteiger partial charge in [0, 0.05) is 0 Å². The van der Waals surface area contributed by atoms with Crippen molar-refractivity contribution in [3.8, 4) is 0 Å². The molecule has 1 saturated carbocycles. The molecule has 60 valence electrons. The van der Waals surface area contributed by atoms with Crippen molar-refractivity contribution in [3.05, 3.63) is 0 Å². The molecule has 0 amide bonds. The maximum atomic E-state index is 9.73. The first-order valence-corrected chi connectivity index (χ1v) is 4.59. The zero-order valence-corrected chi connectivity index (χ0v) is 7.03. The van der Waals surface area contributed by atoms with Crippen LogP contribution in [0.15, 0.2) is 0 Å². The highest BCUT2D eigenvalue weighted by molar-refractivity contribution is 6.18. The smallest absolute Gasteiger partial charge is 0.0782 e. The molecule has 0 heterocycles. The molecule has 1 nitrogen and oxygen atoms in total. The molecule has 1 fully saturated rings. The quantitative estimate of drug-likeness (QED) is 0.464. The van der Waals surface area contributed by atoms with E-state index in [4.69, 9.17) is 11.6 Å². The van der Waals surface area contributed by atoms with E-state index in [0.29, 0.717) is 5.88 Å². The summed E-state index contributed by atoms with van der Waals surface area (Å²) in [5.74, 6) is 0.410. The van der Waals surface area contributed by atoms with E-state index in [1.54, 1.807) is 0 Å². The van der Waals surface area contributed by atoms with Crippen LogP contribution in [0.25, 0.3) is 0 Å². The maximum Gasteiger partial charge on any atom is 0.0782 e. The van der Waals surface area contributed by atoms with Crippen LogP contribution in [0.4, 0.5) is 0 Å². The van der Waals surface area contributed by atoms with Crippen molar-refractivity contribution in [1.82, 2.24) is 0 Å². The molecule has 0 saturated heterocycles. The van der Waals surface area contributed by atoms with Gasteiger partial charge >= 0.3 is 0 Å². The van der Waals surface area contributed by atoms with Gasteiger partial charge < -0.3 is 5.11 Å². The third-order valence-electron chi connectivity index (χ3n) is 2.28. The molecular weight excluding hydrogens is 148 g/mol. The van der Waals surface area contributed by atoms with Gasteiger partial charge in [-0.25, -0.2) is 0 Å². The molecule has 0 atom stereocenters. The number of hydrogen-bond donors (Lipinski definition) is 1. The zero-order chi connectivity index (χ0) is 7.45. The average Bonchev–Trinajstić information content (AvgIpc) is 2.15. The Balaban J connectivity index is 2.41. The van der Waals surface area contributed by atoms with Crippen molar-refractivity contribution >= 4 is 11.6 Å². The number of hydrogen-bond acceptors (Lipinski definition) is 1. The molecule has 1 aliphatic rings. The highest BCUT2D eigenvalue weighted by Gasteiger charge is 2.26. The standard InChI is InChI=1S/C8H15ClO/c9-7-8(10)5-3-1-2-4-6-8/h10H,1-7H2. The number of halogens is 1. The van der Waals surface area contributed by atoms with Crippen LogP contribution in [0.5, 0.6) is 0 Å². The minimum atomic E-state index is -0.530. The van der Waals surface area contributed by atoms with Gasteiger partial charge in [-0.2, -0.15) is 0 Å². The van der Waals surface area contributed by atoms with E-state index in [2.05, 4.69) is 0 Å². The van der Waals surface area contributed by atoms with Crippen molar-refractivity contribution < 1.29 is 5.11 Å². The summed E-state index contributed by atoms with van der Waals surface area (Å²) in [7, 11) is 0. The first-order valence-electron chi connectivity index (χ1n) is 4.05. The Morgan fingerprint density at radius 2 is 1.60 bits per heavy atom. The lowest BCUT2D eigenvalue weighted by molar-refractivity contribution is 0.0480. The van der Waals surface area contributed by atoms with Gasteiger partial charge in [0.25, 0.3) is 0 Å². The fraction of sp³-hybridized carbons (Fsp3) is 1.00. The summed E-state index contributed by atoms with van der Waals surface area (Å²) in [5.41, 5.74) is -0.530. The van der Waals surface area contributed by atoms with Gasteiger partial charge in [0.2, 0.25) is 0 Å². The molecule has 0 spiro atoms. The molecule has 0 aliphatic heterocycles. The van der Waals surface area contributed by atoms with Crippen molar-refractivity contribution in [1.29, 1.82) is 0 Å². The molecule has 0 aromatic rings. The summed E-state index contributed by atoms with van der Waals surface area (Å²) in [6.45, 7) is 0.